The van der Waals surface area contributed by atoms with E-state index in [0.717, 1.165) is 24.6 Å². The van der Waals surface area contributed by atoms with E-state index in [1.807, 2.05) is 20.8 Å². The summed E-state index contributed by atoms with van der Waals surface area (Å²) in [5.41, 5.74) is -2.28. The summed E-state index contributed by atoms with van der Waals surface area (Å²) in [7, 11) is 0. The second kappa shape index (κ2) is 13.8. The van der Waals surface area contributed by atoms with Crippen LogP contribution in [0.2, 0.25) is 5.02 Å². The van der Waals surface area contributed by atoms with E-state index in [4.69, 9.17) is 34.8 Å². The van der Waals surface area contributed by atoms with Crippen molar-refractivity contribution in [2.75, 3.05) is 5.32 Å². The molecule has 0 spiro atoms. The summed E-state index contributed by atoms with van der Waals surface area (Å²) in [4.78, 5) is 38.8. The molecular formula is C34H30Cl3F6NO3. The number of carbonyl (C=O) groups is 3. The van der Waals surface area contributed by atoms with Gasteiger partial charge in [-0.2, -0.15) is 13.2 Å². The molecule has 1 N–H and O–H groups in total. The van der Waals surface area contributed by atoms with Crippen molar-refractivity contribution < 1.29 is 40.7 Å². The zero-order valence-corrected chi connectivity index (χ0v) is 27.7. The molecular weight excluding hydrogens is 691 g/mol. The molecule has 252 valence electrons. The Labute approximate surface area is 282 Å². The topological polar surface area (TPSA) is 63.2 Å². The Bertz CT molecular complexity index is 1720. The molecule has 0 unspecified atom stereocenters. The lowest BCUT2D eigenvalue weighted by Gasteiger charge is -2.17. The Morgan fingerprint density at radius 1 is 0.894 bits per heavy atom. The Balaban J connectivity index is 1.47. The largest absolute Gasteiger partial charge is 0.419 e. The highest BCUT2D eigenvalue weighted by molar-refractivity contribution is 6.53. The first-order chi connectivity index (χ1) is 21.7. The summed E-state index contributed by atoms with van der Waals surface area (Å²) in [5.74, 6) is -7.55. The van der Waals surface area contributed by atoms with Crippen LogP contribution in [0.5, 0.6) is 0 Å². The number of halogens is 9. The van der Waals surface area contributed by atoms with Gasteiger partial charge in [-0.05, 0) is 65.8 Å². The molecule has 0 aromatic heterocycles. The number of carbonyl (C=O) groups excluding carboxylic acids is 3. The van der Waals surface area contributed by atoms with Gasteiger partial charge in [-0.3, -0.25) is 14.4 Å². The van der Waals surface area contributed by atoms with Gasteiger partial charge in [-0.25, -0.2) is 13.2 Å². The molecule has 1 aliphatic carbocycles. The van der Waals surface area contributed by atoms with Crippen LogP contribution in [0.4, 0.5) is 32.0 Å². The monoisotopic (exact) mass is 719 g/mol. The summed E-state index contributed by atoms with van der Waals surface area (Å²) in [6.07, 6.45) is -4.51. The SMILES string of the molecule is CC(C)(C)CCCC(=O)Cc1c(F)ccc(CC(=O)c2cc(NC(=O)[C@H]3[C@H](c4ccc(F)c(C(F)(F)F)c4)C3(Cl)Cl)ccc2Cl)c1F. The Hall–Kier alpha value is -3.08. The van der Waals surface area contributed by atoms with E-state index in [2.05, 4.69) is 5.32 Å². The summed E-state index contributed by atoms with van der Waals surface area (Å²) in [6, 6.07) is 8.16. The van der Waals surface area contributed by atoms with E-state index in [1.54, 1.807) is 0 Å². The average Bonchev–Trinajstić information content (AvgIpc) is 3.54. The summed E-state index contributed by atoms with van der Waals surface area (Å²) in [6.45, 7) is 6.07. The van der Waals surface area contributed by atoms with Gasteiger partial charge in [0, 0.05) is 42.0 Å². The second-order valence-electron chi connectivity index (χ2n) is 12.8. The van der Waals surface area contributed by atoms with Crippen LogP contribution < -0.4 is 5.32 Å². The third-order valence-corrected chi connectivity index (χ3v) is 9.17. The smallest absolute Gasteiger partial charge is 0.326 e. The number of hydrogen-bond donors (Lipinski definition) is 1. The van der Waals surface area contributed by atoms with Gasteiger partial charge in [-0.15, -0.1) is 23.2 Å². The molecule has 1 amide bonds. The highest BCUT2D eigenvalue weighted by atomic mass is 35.5. The van der Waals surface area contributed by atoms with Crippen LogP contribution in [0, 0.1) is 28.8 Å². The van der Waals surface area contributed by atoms with E-state index in [1.165, 1.54) is 18.2 Å². The number of Topliss-reactive ketones (excluding diaryl/α,β-unsaturated/α-hetero) is 2. The quantitative estimate of drug-likeness (QED) is 0.122. The lowest BCUT2D eigenvalue weighted by atomic mass is 9.89. The van der Waals surface area contributed by atoms with E-state index in [9.17, 15) is 36.3 Å². The molecule has 4 nitrogen and oxygen atoms in total. The standard InChI is InChI=1S/C34H30Cl3F6NO3/c1-32(2,3)12-4-5-20(45)16-22-25(38)10-7-18(30(22)40)14-27(46)21-15-19(8-9-24(21)35)44-31(47)29-28(33(29,36)37)17-6-11-26(39)23(13-17)34(41,42)43/h6-11,13,15,28-29H,4-5,12,14,16H2,1-3H3,(H,44,47)/t28-,29+/m0/s1. The molecule has 2 atom stereocenters. The third-order valence-electron chi connectivity index (χ3n) is 7.90. The molecule has 1 saturated carbocycles. The Kier molecular flexibility index (Phi) is 10.8. The van der Waals surface area contributed by atoms with Crippen molar-refractivity contribution in [1.29, 1.82) is 0 Å². The van der Waals surface area contributed by atoms with Crippen molar-refractivity contribution in [3.8, 4) is 0 Å². The number of rotatable bonds is 11. The second-order valence-corrected chi connectivity index (χ2v) is 14.6. The minimum Gasteiger partial charge on any atom is -0.326 e. The number of ketones is 2. The van der Waals surface area contributed by atoms with Crippen molar-refractivity contribution in [2.45, 2.75) is 69.3 Å². The third kappa shape index (κ3) is 8.69. The van der Waals surface area contributed by atoms with Crippen molar-refractivity contribution in [3.05, 3.63) is 98.8 Å². The van der Waals surface area contributed by atoms with Gasteiger partial charge < -0.3 is 5.32 Å². The molecule has 0 radical (unpaired) electrons. The number of benzene rings is 3. The summed E-state index contributed by atoms with van der Waals surface area (Å²) in [5, 5.41) is 2.46. The van der Waals surface area contributed by atoms with Crippen LogP contribution in [0.15, 0.2) is 48.5 Å². The minimum absolute atomic E-state index is 0.00569. The highest BCUT2D eigenvalue weighted by Crippen LogP contribution is 2.65. The number of alkyl halides is 5. The molecule has 1 fully saturated rings. The minimum atomic E-state index is -4.98. The van der Waals surface area contributed by atoms with E-state index < -0.39 is 75.5 Å². The molecule has 47 heavy (non-hydrogen) atoms. The Morgan fingerprint density at radius 3 is 2.19 bits per heavy atom. The van der Waals surface area contributed by atoms with Crippen LogP contribution in [-0.4, -0.2) is 21.8 Å². The predicted octanol–water partition coefficient (Wildman–Crippen LogP) is 10.1. The molecule has 1 aliphatic rings. The molecule has 0 saturated heterocycles. The highest BCUT2D eigenvalue weighted by Gasteiger charge is 2.67. The normalized spacial score (nSPS) is 17.4. The molecule has 3 aromatic carbocycles. The molecule has 3 aromatic rings. The number of amides is 1. The van der Waals surface area contributed by atoms with Crippen LogP contribution >= 0.6 is 34.8 Å². The van der Waals surface area contributed by atoms with Gasteiger partial charge in [0.15, 0.2) is 5.78 Å². The van der Waals surface area contributed by atoms with Crippen molar-refractivity contribution in [2.24, 2.45) is 11.3 Å². The van der Waals surface area contributed by atoms with Gasteiger partial charge in [0.25, 0.3) is 0 Å². The van der Waals surface area contributed by atoms with Crippen molar-refractivity contribution >= 4 is 58.0 Å². The first kappa shape index (κ1) is 36.8. The molecule has 0 bridgehead atoms. The van der Waals surface area contributed by atoms with E-state index in [0.29, 0.717) is 18.6 Å². The fourth-order valence-electron chi connectivity index (χ4n) is 5.37. The van der Waals surface area contributed by atoms with E-state index >= 15 is 4.39 Å². The first-order valence-corrected chi connectivity index (χ1v) is 15.7. The fraction of sp³-hybridized carbons (Fsp3) is 0.382. The van der Waals surface area contributed by atoms with Gasteiger partial charge in [0.2, 0.25) is 5.91 Å². The van der Waals surface area contributed by atoms with Crippen LogP contribution in [-0.2, 0) is 28.6 Å². The summed E-state index contributed by atoms with van der Waals surface area (Å²) < 4.78 is 81.5. The average molecular weight is 721 g/mol. The Morgan fingerprint density at radius 2 is 1.55 bits per heavy atom. The van der Waals surface area contributed by atoms with Crippen LogP contribution in [0.25, 0.3) is 0 Å². The van der Waals surface area contributed by atoms with Gasteiger partial charge in [0.1, 0.15) is 27.6 Å². The molecule has 4 rings (SSSR count). The first-order valence-electron chi connectivity index (χ1n) is 14.6. The number of hydrogen-bond acceptors (Lipinski definition) is 3. The zero-order valence-electron chi connectivity index (χ0n) is 25.4. The molecule has 0 aliphatic heterocycles. The van der Waals surface area contributed by atoms with Gasteiger partial charge in [-0.1, -0.05) is 44.5 Å². The molecule has 13 heteroatoms. The lowest BCUT2D eigenvalue weighted by molar-refractivity contribution is -0.140. The van der Waals surface area contributed by atoms with Crippen LogP contribution in [0.3, 0.4) is 0 Å². The maximum absolute atomic E-state index is 15.3. The van der Waals surface area contributed by atoms with Crippen LogP contribution in [0.1, 0.15) is 78.6 Å². The number of anilines is 1. The van der Waals surface area contributed by atoms with Crippen molar-refractivity contribution in [3.63, 3.8) is 0 Å². The predicted molar refractivity (Wildman–Crippen MR) is 169 cm³/mol. The maximum Gasteiger partial charge on any atom is 0.419 e. The maximum atomic E-state index is 15.3. The van der Waals surface area contributed by atoms with Gasteiger partial charge >= 0.3 is 6.18 Å². The molecule has 0 heterocycles. The van der Waals surface area contributed by atoms with E-state index in [-0.39, 0.29) is 45.0 Å². The fourth-order valence-corrected chi connectivity index (χ4v) is 6.42. The van der Waals surface area contributed by atoms with Crippen molar-refractivity contribution in [1.82, 2.24) is 0 Å². The van der Waals surface area contributed by atoms with Gasteiger partial charge in [0.05, 0.1) is 16.5 Å². The zero-order chi connectivity index (χ0) is 35.1. The lowest BCUT2D eigenvalue weighted by Crippen LogP contribution is -2.18. The summed E-state index contributed by atoms with van der Waals surface area (Å²) >= 11 is 18.7. The number of nitrogens with one attached hydrogen (secondary N) is 1.